The van der Waals surface area contributed by atoms with E-state index < -0.39 is 38.1 Å². The van der Waals surface area contributed by atoms with Crippen LogP contribution < -0.4 is 11.4 Å². The zero-order valence-corrected chi connectivity index (χ0v) is 24.5. The van der Waals surface area contributed by atoms with Crippen molar-refractivity contribution in [3.8, 4) is 0 Å². The van der Waals surface area contributed by atoms with E-state index in [9.17, 15) is 14.3 Å². The van der Waals surface area contributed by atoms with Crippen LogP contribution in [0.2, 0.25) is 0 Å². The highest BCUT2D eigenvalue weighted by Crippen LogP contribution is 2.48. The fourth-order valence-electron chi connectivity index (χ4n) is 4.90. The Kier molecular flexibility index (Phi) is 15.7. The van der Waals surface area contributed by atoms with Gasteiger partial charge in [-0.1, -0.05) is 97.3 Å². The zero-order chi connectivity index (χ0) is 27.8. The number of ether oxygens (including phenoxy) is 2. The number of phosphoric acid groups is 1. The molecule has 11 heteroatoms. The van der Waals surface area contributed by atoms with Crippen molar-refractivity contribution in [2.75, 3.05) is 19.5 Å². The standard InChI is InChI=1S/C27H50N3O7P/c1-4-6-7-8-9-10-11-12-13-14-15-16-17-18-21-35-25-24(37-38(32,33)34-3)22(5-2)36-26(25)30-20-19-23(28)29-27(30)31/h19-20,22,24-26H,4-18,21H2,1-3H3,(H,32,33)(H2,28,29,31)/t22-,24+,25+,26-/m1/s1. The second-order valence-electron chi connectivity index (χ2n) is 10.2. The number of hydrogen-bond donors (Lipinski definition) is 2. The lowest BCUT2D eigenvalue weighted by Gasteiger charge is -2.26. The molecular formula is C27H50N3O7P. The van der Waals surface area contributed by atoms with Crippen molar-refractivity contribution in [1.82, 2.24) is 9.55 Å². The second-order valence-corrected chi connectivity index (χ2v) is 11.7. The van der Waals surface area contributed by atoms with Crippen LogP contribution in [0.25, 0.3) is 0 Å². The van der Waals surface area contributed by atoms with Gasteiger partial charge in [0.25, 0.3) is 0 Å². The summed E-state index contributed by atoms with van der Waals surface area (Å²) in [6, 6.07) is 1.50. The third-order valence-electron chi connectivity index (χ3n) is 7.11. The summed E-state index contributed by atoms with van der Waals surface area (Å²) in [5.74, 6) is 0.100. The summed E-state index contributed by atoms with van der Waals surface area (Å²) < 4.78 is 35.8. The van der Waals surface area contributed by atoms with Crippen molar-refractivity contribution in [2.24, 2.45) is 0 Å². The van der Waals surface area contributed by atoms with Gasteiger partial charge in [-0.2, -0.15) is 4.98 Å². The highest BCUT2D eigenvalue weighted by molar-refractivity contribution is 7.47. The molecule has 1 saturated heterocycles. The van der Waals surface area contributed by atoms with Crippen molar-refractivity contribution in [2.45, 2.75) is 135 Å². The Labute approximate surface area is 228 Å². The molecule has 1 aromatic rings. The summed E-state index contributed by atoms with van der Waals surface area (Å²) >= 11 is 0. The molecule has 2 heterocycles. The number of nitrogens with two attached hydrogens (primary N) is 1. The van der Waals surface area contributed by atoms with Crippen molar-refractivity contribution in [3.05, 3.63) is 22.7 Å². The van der Waals surface area contributed by atoms with Crippen LogP contribution in [0.15, 0.2) is 17.1 Å². The molecular weight excluding hydrogens is 509 g/mol. The Balaban J connectivity index is 1.78. The lowest BCUT2D eigenvalue weighted by molar-refractivity contribution is -0.0710. The predicted molar refractivity (Wildman–Crippen MR) is 149 cm³/mol. The first-order valence-corrected chi connectivity index (χ1v) is 16.0. The molecule has 5 atom stereocenters. The van der Waals surface area contributed by atoms with E-state index in [1.54, 1.807) is 0 Å². The third-order valence-corrected chi connectivity index (χ3v) is 8.08. The number of nitrogens with zero attached hydrogens (tertiary/aromatic N) is 2. The Morgan fingerprint density at radius 3 is 2.03 bits per heavy atom. The van der Waals surface area contributed by atoms with E-state index in [0.29, 0.717) is 13.0 Å². The number of rotatable bonds is 21. The quantitative estimate of drug-likeness (QED) is 0.135. The number of unbranched alkanes of at least 4 members (excludes halogenated alkanes) is 13. The number of phosphoric ester groups is 1. The number of nitrogen functional groups attached to an aromatic ring is 1. The van der Waals surface area contributed by atoms with Gasteiger partial charge >= 0.3 is 13.5 Å². The van der Waals surface area contributed by atoms with Gasteiger partial charge in [-0.05, 0) is 18.9 Å². The van der Waals surface area contributed by atoms with Gasteiger partial charge in [-0.15, -0.1) is 0 Å². The van der Waals surface area contributed by atoms with Gasteiger partial charge in [0.05, 0.1) is 6.10 Å². The van der Waals surface area contributed by atoms with E-state index in [4.69, 9.17) is 19.7 Å². The lowest BCUT2D eigenvalue weighted by atomic mass is 10.0. The predicted octanol–water partition coefficient (Wildman–Crippen LogP) is 6.13. The van der Waals surface area contributed by atoms with Gasteiger partial charge in [0.15, 0.2) is 6.23 Å². The Morgan fingerprint density at radius 2 is 1.53 bits per heavy atom. The minimum Gasteiger partial charge on any atom is -0.383 e. The number of anilines is 1. The van der Waals surface area contributed by atoms with Crippen molar-refractivity contribution in [3.63, 3.8) is 0 Å². The summed E-state index contributed by atoms with van der Waals surface area (Å²) in [6.07, 6.45) is 16.5. The van der Waals surface area contributed by atoms with Crippen molar-refractivity contribution >= 4 is 13.6 Å². The van der Waals surface area contributed by atoms with Gasteiger partial charge in [0, 0.05) is 19.9 Å². The van der Waals surface area contributed by atoms with E-state index in [1.807, 2.05) is 6.92 Å². The van der Waals surface area contributed by atoms with E-state index in [2.05, 4.69) is 16.4 Å². The fraction of sp³-hybridized carbons (Fsp3) is 0.852. The number of aromatic nitrogens is 2. The highest BCUT2D eigenvalue weighted by Gasteiger charge is 2.49. The van der Waals surface area contributed by atoms with Crippen molar-refractivity contribution < 1.29 is 28.0 Å². The maximum atomic E-state index is 12.5. The van der Waals surface area contributed by atoms with Crippen LogP contribution in [-0.2, 0) is 23.1 Å². The van der Waals surface area contributed by atoms with E-state index >= 15 is 0 Å². The SMILES string of the molecule is CCCCCCCCCCCCCCCCO[C@H]1[C@@H](OP(=O)(O)OC)[C@@H](CC)O[C@H]1n1ccc(N)nc1=O. The zero-order valence-electron chi connectivity index (χ0n) is 23.6. The molecule has 10 nitrogen and oxygen atoms in total. The van der Waals surface area contributed by atoms with Gasteiger partial charge in [-0.3, -0.25) is 13.6 Å². The molecule has 1 fully saturated rings. The molecule has 0 amide bonds. The molecule has 3 N–H and O–H groups in total. The maximum Gasteiger partial charge on any atom is 0.472 e. The first-order valence-electron chi connectivity index (χ1n) is 14.5. The Morgan fingerprint density at radius 1 is 0.974 bits per heavy atom. The molecule has 0 saturated carbocycles. The van der Waals surface area contributed by atoms with Crippen molar-refractivity contribution in [1.29, 1.82) is 0 Å². The van der Waals surface area contributed by atoms with Gasteiger partial charge in [-0.25, -0.2) is 9.36 Å². The van der Waals surface area contributed by atoms with Gasteiger partial charge < -0.3 is 20.1 Å². The summed E-state index contributed by atoms with van der Waals surface area (Å²) in [5.41, 5.74) is 5.05. The van der Waals surface area contributed by atoms with Gasteiger partial charge in [0.1, 0.15) is 18.0 Å². The van der Waals surface area contributed by atoms with Crippen LogP contribution in [-0.4, -0.2) is 46.5 Å². The molecule has 0 radical (unpaired) electrons. The summed E-state index contributed by atoms with van der Waals surface area (Å²) in [7, 11) is -3.20. The Hall–Kier alpha value is -1.29. The topological polar surface area (TPSA) is 135 Å². The van der Waals surface area contributed by atoms with E-state index in [0.717, 1.165) is 26.4 Å². The average molecular weight is 560 g/mol. The monoisotopic (exact) mass is 559 g/mol. The minimum atomic E-state index is -4.31. The van der Waals surface area contributed by atoms with Crippen LogP contribution in [0.5, 0.6) is 0 Å². The Bertz CT molecular complexity index is 884. The van der Waals surface area contributed by atoms with Crippen LogP contribution in [0, 0.1) is 0 Å². The first kappa shape index (κ1) is 32.9. The van der Waals surface area contributed by atoms with E-state index in [-0.39, 0.29) is 5.82 Å². The average Bonchev–Trinajstić information content (AvgIpc) is 3.22. The second kappa shape index (κ2) is 18.1. The van der Waals surface area contributed by atoms with E-state index in [1.165, 1.54) is 87.5 Å². The minimum absolute atomic E-state index is 0.100. The van der Waals surface area contributed by atoms with Crippen LogP contribution in [0.1, 0.15) is 116 Å². The molecule has 1 aliphatic heterocycles. The molecule has 0 bridgehead atoms. The number of hydrogen-bond acceptors (Lipinski definition) is 8. The molecule has 2 rings (SSSR count). The normalized spacial score (nSPS) is 23.1. The highest BCUT2D eigenvalue weighted by atomic mass is 31.2. The molecule has 1 unspecified atom stereocenters. The van der Waals surface area contributed by atoms with Crippen LogP contribution >= 0.6 is 7.82 Å². The molecule has 220 valence electrons. The molecule has 0 aromatic carbocycles. The van der Waals surface area contributed by atoms with Crippen LogP contribution in [0.4, 0.5) is 5.82 Å². The molecule has 0 aliphatic carbocycles. The molecule has 1 aromatic heterocycles. The largest absolute Gasteiger partial charge is 0.472 e. The third kappa shape index (κ3) is 11.4. The molecule has 38 heavy (non-hydrogen) atoms. The first-order chi connectivity index (χ1) is 18.3. The molecule has 1 aliphatic rings. The van der Waals surface area contributed by atoms with Crippen LogP contribution in [0.3, 0.4) is 0 Å². The molecule has 0 spiro atoms. The summed E-state index contributed by atoms with van der Waals surface area (Å²) in [4.78, 5) is 26.2. The summed E-state index contributed by atoms with van der Waals surface area (Å²) in [5, 5.41) is 0. The summed E-state index contributed by atoms with van der Waals surface area (Å²) in [6.45, 7) is 4.54. The fourth-order valence-corrected chi connectivity index (χ4v) is 5.55. The maximum absolute atomic E-state index is 12.5. The van der Waals surface area contributed by atoms with Gasteiger partial charge in [0.2, 0.25) is 0 Å². The smallest absolute Gasteiger partial charge is 0.383 e. The lowest BCUT2D eigenvalue weighted by Crippen LogP contribution is -2.39.